The molecule has 0 aliphatic carbocycles. The van der Waals surface area contributed by atoms with E-state index in [1.807, 2.05) is 6.92 Å². The molecule has 0 aromatic heterocycles. The number of hydrogen-bond donors (Lipinski definition) is 1. The van der Waals surface area contributed by atoms with Crippen LogP contribution in [-0.2, 0) is 19.1 Å². The molecule has 1 aromatic carbocycles. The van der Waals surface area contributed by atoms with Crippen molar-refractivity contribution in [2.24, 2.45) is 0 Å². The highest BCUT2D eigenvalue weighted by molar-refractivity contribution is 8.01. The van der Waals surface area contributed by atoms with E-state index in [0.29, 0.717) is 18.6 Å². The van der Waals surface area contributed by atoms with Crippen molar-refractivity contribution in [3.8, 4) is 0 Å². The highest BCUT2D eigenvalue weighted by Crippen LogP contribution is 2.47. The number of benzene rings is 1. The van der Waals surface area contributed by atoms with Crippen LogP contribution < -0.4 is 5.32 Å². The first-order chi connectivity index (χ1) is 12.2. The molecule has 6 nitrogen and oxygen atoms in total. The summed E-state index contributed by atoms with van der Waals surface area (Å²) >= 11 is 7.42. The lowest BCUT2D eigenvalue weighted by Crippen LogP contribution is -2.48. The second kappa shape index (κ2) is 7.08. The summed E-state index contributed by atoms with van der Waals surface area (Å²) in [6.07, 6.45) is 0.0179. The molecule has 2 aliphatic rings. The van der Waals surface area contributed by atoms with E-state index in [4.69, 9.17) is 16.3 Å². The van der Waals surface area contributed by atoms with Crippen LogP contribution in [0.15, 0.2) is 18.2 Å². The molecule has 0 spiro atoms. The summed E-state index contributed by atoms with van der Waals surface area (Å²) in [7, 11) is 0. The van der Waals surface area contributed by atoms with Crippen LogP contribution in [0.25, 0.3) is 0 Å². The van der Waals surface area contributed by atoms with E-state index in [1.54, 1.807) is 16.7 Å². The maximum absolute atomic E-state index is 13.1. The monoisotopic (exact) mass is 400 g/mol. The predicted molar refractivity (Wildman–Crippen MR) is 96.3 cm³/mol. The summed E-state index contributed by atoms with van der Waals surface area (Å²) in [6.45, 7) is 3.36. The lowest BCUT2D eigenvalue weighted by molar-refractivity contribution is -0.160. The number of ether oxygens (including phenoxy) is 1. The van der Waals surface area contributed by atoms with Gasteiger partial charge in [-0.1, -0.05) is 11.6 Å². The van der Waals surface area contributed by atoms with Crippen LogP contribution in [0.1, 0.15) is 26.7 Å². The lowest BCUT2D eigenvalue weighted by atomic mass is 10.2. The van der Waals surface area contributed by atoms with Crippen LogP contribution in [0.2, 0.25) is 5.02 Å². The molecule has 9 heteroatoms. The molecular weight excluding hydrogens is 383 g/mol. The molecule has 0 radical (unpaired) electrons. The Morgan fingerprint density at radius 2 is 2.23 bits per heavy atom. The highest BCUT2D eigenvalue weighted by Gasteiger charge is 2.53. The molecule has 2 fully saturated rings. The molecule has 2 heterocycles. The van der Waals surface area contributed by atoms with Crippen LogP contribution in [0, 0.1) is 5.82 Å². The summed E-state index contributed by atoms with van der Waals surface area (Å²) in [5.74, 6) is -1.35. The number of carbonyl (C=O) groups excluding carboxylic acids is 3. The first-order valence-electron chi connectivity index (χ1n) is 8.14. The Kier molecular flexibility index (Phi) is 5.16. The molecule has 140 valence electrons. The van der Waals surface area contributed by atoms with E-state index in [-0.39, 0.29) is 21.5 Å². The third kappa shape index (κ3) is 3.53. The first kappa shape index (κ1) is 19.0. The van der Waals surface area contributed by atoms with Crippen LogP contribution in [0.5, 0.6) is 0 Å². The van der Waals surface area contributed by atoms with Crippen molar-refractivity contribution in [1.82, 2.24) is 4.90 Å². The third-order valence-corrected chi connectivity index (χ3v) is 6.39. The van der Waals surface area contributed by atoms with Gasteiger partial charge in [0.1, 0.15) is 11.9 Å². The smallest absolute Gasteiger partial charge is 0.330 e. The second-order valence-electron chi connectivity index (χ2n) is 6.46. The fourth-order valence-corrected chi connectivity index (χ4v) is 4.76. The van der Waals surface area contributed by atoms with Gasteiger partial charge in [-0.05, 0) is 38.5 Å². The van der Waals surface area contributed by atoms with E-state index >= 15 is 0 Å². The molecule has 3 atom stereocenters. The van der Waals surface area contributed by atoms with Gasteiger partial charge in [0.15, 0.2) is 6.10 Å². The van der Waals surface area contributed by atoms with Crippen LogP contribution in [-0.4, -0.2) is 45.5 Å². The minimum atomic E-state index is -1.09. The maximum atomic E-state index is 13.1. The summed E-state index contributed by atoms with van der Waals surface area (Å²) in [5, 5.41) is 2.54. The highest BCUT2D eigenvalue weighted by atomic mass is 35.5. The van der Waals surface area contributed by atoms with Gasteiger partial charge in [-0.3, -0.25) is 9.59 Å². The van der Waals surface area contributed by atoms with Crippen LogP contribution in [0.4, 0.5) is 10.1 Å². The number of nitrogens with one attached hydrogen (secondary N) is 1. The van der Waals surface area contributed by atoms with E-state index in [0.717, 1.165) is 12.1 Å². The van der Waals surface area contributed by atoms with Crippen molar-refractivity contribution >= 4 is 46.8 Å². The molecule has 1 N–H and O–H groups in total. The molecule has 0 bridgehead atoms. The Labute approximate surface area is 159 Å². The zero-order valence-electron chi connectivity index (χ0n) is 14.3. The third-order valence-electron chi connectivity index (χ3n) is 4.57. The fourth-order valence-electron chi connectivity index (χ4n) is 3.13. The number of thioether (sulfide) groups is 1. The van der Waals surface area contributed by atoms with Crippen molar-refractivity contribution in [1.29, 1.82) is 0 Å². The van der Waals surface area contributed by atoms with E-state index in [1.165, 1.54) is 13.0 Å². The number of hydrogen-bond acceptors (Lipinski definition) is 5. The number of esters is 1. The summed E-state index contributed by atoms with van der Waals surface area (Å²) in [5.41, 5.74) is 0.222. The SMILES string of the molecule is C[C@@H](OC(=O)[C@@H]1CS[C@@]2(C)CCC(=O)N12)C(=O)Nc1ccc(F)cc1Cl. The Morgan fingerprint density at radius 3 is 2.92 bits per heavy atom. The summed E-state index contributed by atoms with van der Waals surface area (Å²) in [4.78, 5) is 38.0. The topological polar surface area (TPSA) is 75.7 Å². The number of nitrogens with zero attached hydrogens (tertiary/aromatic N) is 1. The van der Waals surface area contributed by atoms with E-state index < -0.39 is 29.8 Å². The van der Waals surface area contributed by atoms with E-state index in [2.05, 4.69) is 5.32 Å². The average molecular weight is 401 g/mol. The van der Waals surface area contributed by atoms with Gasteiger partial charge in [0, 0.05) is 12.2 Å². The molecule has 2 aliphatic heterocycles. The van der Waals surface area contributed by atoms with Crippen LogP contribution in [0.3, 0.4) is 0 Å². The van der Waals surface area contributed by atoms with Crippen molar-refractivity contribution in [2.75, 3.05) is 11.1 Å². The van der Waals surface area contributed by atoms with Gasteiger partial charge in [-0.2, -0.15) is 0 Å². The molecule has 3 rings (SSSR count). The molecule has 1 aromatic rings. The van der Waals surface area contributed by atoms with Gasteiger partial charge < -0.3 is 15.0 Å². The zero-order valence-corrected chi connectivity index (χ0v) is 15.8. The molecule has 2 saturated heterocycles. The Bertz CT molecular complexity index is 777. The van der Waals surface area contributed by atoms with Crippen molar-refractivity contribution < 1.29 is 23.5 Å². The number of rotatable bonds is 4. The van der Waals surface area contributed by atoms with Gasteiger partial charge >= 0.3 is 5.97 Å². The number of fused-ring (bicyclic) bond motifs is 1. The standard InChI is InChI=1S/C17H18ClFN2O4S/c1-9(15(23)20-12-4-3-10(19)7-11(12)18)25-16(24)13-8-26-17(2)6-5-14(22)21(13)17/h3-4,7,9,13H,5-6,8H2,1-2H3,(H,20,23)/t9-,13+,17+/m1/s1. The molecule has 0 unspecified atom stereocenters. The molecule has 26 heavy (non-hydrogen) atoms. The van der Waals surface area contributed by atoms with Gasteiger partial charge in [0.2, 0.25) is 5.91 Å². The number of amides is 2. The van der Waals surface area contributed by atoms with E-state index in [9.17, 15) is 18.8 Å². The number of halogens is 2. The number of carbonyl (C=O) groups is 3. The van der Waals surface area contributed by atoms with Crippen molar-refractivity contribution in [3.63, 3.8) is 0 Å². The second-order valence-corrected chi connectivity index (χ2v) is 8.37. The van der Waals surface area contributed by atoms with Gasteiger partial charge in [-0.25, -0.2) is 9.18 Å². The average Bonchev–Trinajstić information content (AvgIpc) is 3.06. The summed E-state index contributed by atoms with van der Waals surface area (Å²) in [6, 6.07) is 2.87. The quantitative estimate of drug-likeness (QED) is 0.786. The Balaban J connectivity index is 1.62. The molecule has 2 amide bonds. The first-order valence-corrected chi connectivity index (χ1v) is 9.50. The maximum Gasteiger partial charge on any atom is 0.330 e. The van der Waals surface area contributed by atoms with Crippen molar-refractivity contribution in [3.05, 3.63) is 29.0 Å². The molecular formula is C17H18ClFN2O4S. The largest absolute Gasteiger partial charge is 0.451 e. The fraction of sp³-hybridized carbons (Fsp3) is 0.471. The normalized spacial score (nSPS) is 25.8. The molecule has 0 saturated carbocycles. The summed E-state index contributed by atoms with van der Waals surface area (Å²) < 4.78 is 18.3. The predicted octanol–water partition coefficient (Wildman–Crippen LogP) is 2.80. The zero-order chi connectivity index (χ0) is 19.1. The Hall–Kier alpha value is -1.80. The lowest BCUT2D eigenvalue weighted by Gasteiger charge is -2.29. The minimum absolute atomic E-state index is 0.0440. The van der Waals surface area contributed by atoms with Crippen LogP contribution >= 0.6 is 23.4 Å². The Morgan fingerprint density at radius 1 is 1.50 bits per heavy atom. The number of anilines is 1. The minimum Gasteiger partial charge on any atom is -0.451 e. The van der Waals surface area contributed by atoms with Crippen molar-refractivity contribution in [2.45, 2.75) is 43.7 Å². The van der Waals surface area contributed by atoms with Gasteiger partial charge in [0.05, 0.1) is 15.6 Å². The van der Waals surface area contributed by atoms with Gasteiger partial charge in [-0.15, -0.1) is 11.8 Å². The van der Waals surface area contributed by atoms with Gasteiger partial charge in [0.25, 0.3) is 5.91 Å².